The second-order valence-electron chi connectivity index (χ2n) is 4.80. The number of benzene rings is 2. The molecule has 2 nitrogen and oxygen atoms in total. The Bertz CT molecular complexity index is 583. The lowest BCUT2D eigenvalue weighted by atomic mass is 10.1. The van der Waals surface area contributed by atoms with Crippen LogP contribution >= 0.6 is 0 Å². The molecule has 1 unspecified atom stereocenters. The molecule has 2 aromatic rings. The SMILES string of the molecule is CCNC(C)c1c(F)cccc1Oc1ccccc1C. The molecule has 20 heavy (non-hydrogen) atoms. The van der Waals surface area contributed by atoms with Crippen LogP contribution in [0.4, 0.5) is 4.39 Å². The first kappa shape index (κ1) is 14.5. The zero-order chi connectivity index (χ0) is 14.5. The van der Waals surface area contributed by atoms with Crippen molar-refractivity contribution >= 4 is 0 Å². The van der Waals surface area contributed by atoms with Gasteiger partial charge >= 0.3 is 0 Å². The van der Waals surface area contributed by atoms with Gasteiger partial charge in [-0.15, -0.1) is 0 Å². The fourth-order valence-corrected chi connectivity index (χ4v) is 2.22. The number of halogens is 1. The minimum absolute atomic E-state index is 0.0970. The summed E-state index contributed by atoms with van der Waals surface area (Å²) < 4.78 is 20.0. The van der Waals surface area contributed by atoms with Gasteiger partial charge in [0.05, 0.1) is 0 Å². The first-order valence-electron chi connectivity index (χ1n) is 6.88. The van der Waals surface area contributed by atoms with E-state index in [2.05, 4.69) is 5.32 Å². The standard InChI is InChI=1S/C17H20FNO/c1-4-19-13(3)17-14(18)9-7-11-16(17)20-15-10-6-5-8-12(15)2/h5-11,13,19H,4H2,1-3H3. The highest BCUT2D eigenvalue weighted by atomic mass is 19.1. The molecular formula is C17H20FNO. The molecule has 2 aromatic carbocycles. The molecule has 1 atom stereocenters. The van der Waals surface area contributed by atoms with Crippen molar-refractivity contribution in [2.24, 2.45) is 0 Å². The van der Waals surface area contributed by atoms with Crippen LogP contribution in [0.2, 0.25) is 0 Å². The molecule has 0 radical (unpaired) electrons. The third-order valence-corrected chi connectivity index (χ3v) is 3.27. The summed E-state index contributed by atoms with van der Waals surface area (Å²) in [5.41, 5.74) is 1.59. The van der Waals surface area contributed by atoms with Crippen molar-refractivity contribution < 1.29 is 9.13 Å². The van der Waals surface area contributed by atoms with E-state index in [4.69, 9.17) is 4.74 Å². The highest BCUT2D eigenvalue weighted by Gasteiger charge is 2.16. The van der Waals surface area contributed by atoms with Crippen molar-refractivity contribution in [3.8, 4) is 11.5 Å². The van der Waals surface area contributed by atoms with Crippen LogP contribution in [0.25, 0.3) is 0 Å². The van der Waals surface area contributed by atoms with Gasteiger partial charge in [-0.25, -0.2) is 4.39 Å². The van der Waals surface area contributed by atoms with Crippen LogP contribution in [0, 0.1) is 12.7 Å². The first-order valence-corrected chi connectivity index (χ1v) is 6.88. The van der Waals surface area contributed by atoms with Crippen LogP contribution in [0.1, 0.15) is 31.0 Å². The normalized spacial score (nSPS) is 12.2. The molecule has 2 rings (SSSR count). The predicted octanol–water partition coefficient (Wildman–Crippen LogP) is 4.60. The first-order chi connectivity index (χ1) is 9.63. The van der Waals surface area contributed by atoms with E-state index in [9.17, 15) is 4.39 Å². The summed E-state index contributed by atoms with van der Waals surface area (Å²) in [7, 11) is 0. The number of ether oxygens (including phenoxy) is 1. The van der Waals surface area contributed by atoms with E-state index in [1.54, 1.807) is 12.1 Å². The number of rotatable bonds is 5. The topological polar surface area (TPSA) is 21.3 Å². The highest BCUT2D eigenvalue weighted by molar-refractivity contribution is 5.42. The summed E-state index contributed by atoms with van der Waals surface area (Å²) in [5.74, 6) is 1.07. The van der Waals surface area contributed by atoms with Gasteiger partial charge in [-0.1, -0.05) is 31.2 Å². The van der Waals surface area contributed by atoms with Gasteiger partial charge in [0.1, 0.15) is 17.3 Å². The maximum Gasteiger partial charge on any atom is 0.135 e. The van der Waals surface area contributed by atoms with Crippen LogP contribution in [-0.4, -0.2) is 6.54 Å². The Balaban J connectivity index is 2.37. The Hall–Kier alpha value is -1.87. The van der Waals surface area contributed by atoms with Crippen LogP contribution in [0.3, 0.4) is 0 Å². The summed E-state index contributed by atoms with van der Waals surface area (Å²) in [6.07, 6.45) is 0. The Morgan fingerprint density at radius 3 is 2.50 bits per heavy atom. The van der Waals surface area contributed by atoms with Crippen molar-refractivity contribution in [3.63, 3.8) is 0 Å². The Labute approximate surface area is 119 Å². The largest absolute Gasteiger partial charge is 0.457 e. The molecule has 0 bridgehead atoms. The van der Waals surface area contributed by atoms with Gasteiger partial charge in [0, 0.05) is 11.6 Å². The fourth-order valence-electron chi connectivity index (χ4n) is 2.22. The smallest absolute Gasteiger partial charge is 0.135 e. The Morgan fingerprint density at radius 1 is 1.10 bits per heavy atom. The summed E-state index contributed by atoms with van der Waals surface area (Å²) in [6, 6.07) is 12.6. The van der Waals surface area contributed by atoms with E-state index < -0.39 is 0 Å². The minimum Gasteiger partial charge on any atom is -0.457 e. The Kier molecular flexibility index (Phi) is 4.74. The average molecular weight is 273 g/mol. The lowest BCUT2D eigenvalue weighted by Crippen LogP contribution is -2.19. The van der Waals surface area contributed by atoms with E-state index in [0.717, 1.165) is 17.9 Å². The van der Waals surface area contributed by atoms with Crippen molar-refractivity contribution in [1.29, 1.82) is 0 Å². The maximum atomic E-state index is 14.1. The summed E-state index contributed by atoms with van der Waals surface area (Å²) in [5, 5.41) is 3.22. The highest BCUT2D eigenvalue weighted by Crippen LogP contribution is 2.32. The maximum absolute atomic E-state index is 14.1. The van der Waals surface area contributed by atoms with Crippen LogP contribution in [0.15, 0.2) is 42.5 Å². The lowest BCUT2D eigenvalue weighted by Gasteiger charge is -2.18. The molecule has 0 aliphatic heterocycles. The molecule has 1 N–H and O–H groups in total. The summed E-state index contributed by atoms with van der Waals surface area (Å²) >= 11 is 0. The van der Waals surface area contributed by atoms with Gasteiger partial charge in [-0.3, -0.25) is 0 Å². The van der Waals surface area contributed by atoms with Crippen LogP contribution in [0.5, 0.6) is 11.5 Å². The molecule has 0 saturated carbocycles. The summed E-state index contributed by atoms with van der Waals surface area (Å²) in [4.78, 5) is 0. The Morgan fingerprint density at radius 2 is 1.80 bits per heavy atom. The number of hydrogen-bond donors (Lipinski definition) is 1. The van der Waals surface area contributed by atoms with E-state index in [0.29, 0.717) is 11.3 Å². The zero-order valence-corrected chi connectivity index (χ0v) is 12.1. The van der Waals surface area contributed by atoms with Gasteiger partial charge < -0.3 is 10.1 Å². The number of nitrogens with one attached hydrogen (secondary N) is 1. The molecule has 0 aliphatic carbocycles. The minimum atomic E-state index is -0.246. The quantitative estimate of drug-likeness (QED) is 0.859. The van der Waals surface area contributed by atoms with Gasteiger partial charge in [0.25, 0.3) is 0 Å². The van der Waals surface area contributed by atoms with Gasteiger partial charge in [-0.2, -0.15) is 0 Å². The van der Waals surface area contributed by atoms with Crippen molar-refractivity contribution in [3.05, 3.63) is 59.4 Å². The lowest BCUT2D eigenvalue weighted by molar-refractivity contribution is 0.445. The molecule has 0 aromatic heterocycles. The molecule has 0 spiro atoms. The van der Waals surface area contributed by atoms with E-state index in [1.807, 2.05) is 45.0 Å². The molecular weight excluding hydrogens is 253 g/mol. The molecule has 0 saturated heterocycles. The second kappa shape index (κ2) is 6.53. The average Bonchev–Trinajstić information content (AvgIpc) is 2.42. The van der Waals surface area contributed by atoms with Crippen LogP contribution in [-0.2, 0) is 0 Å². The van der Waals surface area contributed by atoms with Crippen molar-refractivity contribution in [2.75, 3.05) is 6.54 Å². The molecule has 0 fully saturated rings. The van der Waals surface area contributed by atoms with E-state index >= 15 is 0 Å². The second-order valence-corrected chi connectivity index (χ2v) is 4.80. The molecule has 106 valence electrons. The third-order valence-electron chi connectivity index (χ3n) is 3.27. The number of aryl methyl sites for hydroxylation is 1. The van der Waals surface area contributed by atoms with Gasteiger partial charge in [-0.05, 0) is 44.2 Å². The van der Waals surface area contributed by atoms with Gasteiger partial charge in [0.15, 0.2) is 0 Å². The summed E-state index contributed by atoms with van der Waals surface area (Å²) in [6.45, 7) is 6.69. The monoisotopic (exact) mass is 273 g/mol. The van der Waals surface area contributed by atoms with E-state index in [-0.39, 0.29) is 11.9 Å². The van der Waals surface area contributed by atoms with Gasteiger partial charge in [0.2, 0.25) is 0 Å². The van der Waals surface area contributed by atoms with Crippen LogP contribution < -0.4 is 10.1 Å². The molecule has 0 heterocycles. The number of para-hydroxylation sites is 1. The molecule has 3 heteroatoms. The fraction of sp³-hybridized carbons (Fsp3) is 0.294. The third kappa shape index (κ3) is 3.17. The molecule has 0 amide bonds. The predicted molar refractivity (Wildman–Crippen MR) is 79.7 cm³/mol. The molecule has 0 aliphatic rings. The van der Waals surface area contributed by atoms with E-state index in [1.165, 1.54) is 6.07 Å². The van der Waals surface area contributed by atoms with Crippen molar-refractivity contribution in [1.82, 2.24) is 5.32 Å². The van der Waals surface area contributed by atoms with Crippen molar-refractivity contribution in [2.45, 2.75) is 26.8 Å². The number of hydrogen-bond acceptors (Lipinski definition) is 2. The zero-order valence-electron chi connectivity index (χ0n) is 12.1.